The summed E-state index contributed by atoms with van der Waals surface area (Å²) in [6.45, 7) is -2.24. The van der Waals surface area contributed by atoms with Gasteiger partial charge in [0, 0.05) is 6.92 Å². The number of amides is 1. The van der Waals surface area contributed by atoms with Crippen LogP contribution in [-0.2, 0) is 121 Å². The third-order valence-electron chi connectivity index (χ3n) is 9.92. The van der Waals surface area contributed by atoms with E-state index >= 15 is 0 Å². The van der Waals surface area contributed by atoms with Crippen molar-refractivity contribution >= 4 is 127 Å². The van der Waals surface area contributed by atoms with Crippen molar-refractivity contribution in [2.45, 2.75) is 136 Å². The number of halogens is 3. The summed E-state index contributed by atoms with van der Waals surface area (Å²) in [6, 6.07) is -4.96. The van der Waals surface area contributed by atoms with Gasteiger partial charge in [-0.15, -0.1) is 0 Å². The second kappa shape index (κ2) is 28.1. The zero-order chi connectivity index (χ0) is 59.5. The van der Waals surface area contributed by atoms with E-state index in [0.29, 0.717) is 0 Å². The molecule has 16 N–H and O–H groups in total. The van der Waals surface area contributed by atoms with Crippen molar-refractivity contribution in [1.82, 2.24) is 10.0 Å². The van der Waals surface area contributed by atoms with Gasteiger partial charge in [0.2, 0.25) is 5.91 Å². The fourth-order valence-electron chi connectivity index (χ4n) is 7.05. The van der Waals surface area contributed by atoms with Crippen LogP contribution in [0, 0.1) is 0 Å². The molecule has 4 heterocycles. The first kappa shape index (κ1) is 72.2. The molecular formula is C28H44F3KN2O39S5. The third kappa shape index (κ3) is 21.4. The Morgan fingerprint density at radius 2 is 0.974 bits per heavy atom. The first-order valence-electron chi connectivity index (χ1n) is 19.7. The number of aliphatic hydroxyl groups is 6. The number of aliphatic hydroxyl groups excluding tert-OH is 6. The Balaban J connectivity index is 0.00000243. The van der Waals surface area contributed by atoms with E-state index in [2.05, 4.69) is 16.7 Å². The van der Waals surface area contributed by atoms with Gasteiger partial charge in [-0.2, -0.15) is 60.0 Å². The monoisotopic (exact) mass is 1290 g/mol. The van der Waals surface area contributed by atoms with E-state index in [-0.39, 0.29) is 51.4 Å². The van der Waals surface area contributed by atoms with E-state index in [1.54, 1.807) is 0 Å². The summed E-state index contributed by atoms with van der Waals surface area (Å²) in [5, 5.41) is 93.1. The fourth-order valence-corrected chi connectivity index (χ4v) is 9.43. The number of aliphatic carboxylic acids is 3. The van der Waals surface area contributed by atoms with Crippen molar-refractivity contribution < 1.29 is 193 Å². The molecule has 4 aliphatic heterocycles. The van der Waals surface area contributed by atoms with Crippen molar-refractivity contribution in [3.8, 4) is 0 Å². The quantitative estimate of drug-likeness (QED) is 0.0375. The van der Waals surface area contributed by atoms with E-state index in [1.165, 1.54) is 4.72 Å². The van der Waals surface area contributed by atoms with E-state index in [9.17, 15) is 129 Å². The van der Waals surface area contributed by atoms with Crippen LogP contribution < -0.4 is 10.0 Å². The van der Waals surface area contributed by atoms with Gasteiger partial charge in [-0.05, 0) is 0 Å². The van der Waals surface area contributed by atoms with Gasteiger partial charge in [0.1, 0.15) is 73.1 Å². The number of ether oxygens (including phenoxy) is 7. The first-order valence-corrected chi connectivity index (χ1v) is 26.6. The fraction of sp³-hybridized carbons (Fsp3) is 0.857. The molecule has 0 bridgehead atoms. The maximum absolute atomic E-state index is 12.7. The summed E-state index contributed by atoms with van der Waals surface area (Å²) >= 11 is 0. The topological polar surface area (TPSA) is 648 Å². The van der Waals surface area contributed by atoms with Crippen molar-refractivity contribution in [2.75, 3.05) is 13.2 Å². The summed E-state index contributed by atoms with van der Waals surface area (Å²) in [4.78, 5) is 45.3. The Kier molecular flexibility index (Phi) is 26.1. The van der Waals surface area contributed by atoms with Crippen molar-refractivity contribution in [3.05, 3.63) is 0 Å². The zero-order valence-electron chi connectivity index (χ0n) is 37.1. The molecule has 20 atom stereocenters. The molecule has 0 unspecified atom stereocenters. The second-order valence-electron chi connectivity index (χ2n) is 15.4. The number of alkyl halides is 3. The number of carbonyl (C=O) groups is 4. The normalized spacial score (nSPS) is 36.2. The standard InChI is InChI=1S/C26H42N2O37S5.C2HF3O2.K.H/c1-4(30)27-7-9(31)13(6(56-23(7)39)3-55-67(43,44)45)58-26-19(65-70(52,53)54)12(34)16(20(62-26)22(37)38)60-24-8(28-66(40,41)42)15(63-68(46,47)48)14(5(2-29)57-24)59-25-18(64-69(49,50)51)11(33)10(32)17(61-25)21(35)36;3-2(4,5)1(6)7;;/h5-20,23-26,28-29,31-34,39H,2-3H2,1H3,(H,27,30)(H,35,36)(H,37,38)(H,40,41,42)(H,43,44,45)(H,46,47,48)(H,49,50,51)(H,52,53,54);(H,6,7);;/t5-,6+,7-,8-,9-,10-,11-,12+,13-,14-,15-,16+,17-,18+,19-,20+,23-,24+,25+,26-;;;/m1.../s1. The molecule has 0 saturated carbocycles. The molecule has 4 saturated heterocycles. The van der Waals surface area contributed by atoms with Crippen LogP contribution in [0.5, 0.6) is 0 Å². The Bertz CT molecular complexity index is 2670. The molecule has 50 heteroatoms. The summed E-state index contributed by atoms with van der Waals surface area (Å²) in [5.41, 5.74) is 0. The number of carboxylic acid groups (broad SMARTS) is 3. The molecule has 0 aliphatic carbocycles. The van der Waals surface area contributed by atoms with Crippen LogP contribution in [-0.4, -0.2) is 328 Å². The molecule has 0 spiro atoms. The van der Waals surface area contributed by atoms with Crippen molar-refractivity contribution in [3.63, 3.8) is 0 Å². The predicted molar refractivity (Wildman–Crippen MR) is 222 cm³/mol. The molecule has 4 aliphatic rings. The number of rotatable bonds is 21. The molecule has 78 heavy (non-hydrogen) atoms. The minimum atomic E-state index is -6.09. The van der Waals surface area contributed by atoms with Crippen LogP contribution in [0.1, 0.15) is 6.92 Å². The molecule has 41 nitrogen and oxygen atoms in total. The zero-order valence-corrected chi connectivity index (χ0v) is 41.2. The molecule has 4 rings (SSSR count). The predicted octanol–water partition coefficient (Wildman–Crippen LogP) is -10.7. The number of nitrogens with one attached hydrogen (secondary N) is 2. The summed E-state index contributed by atoms with van der Waals surface area (Å²) in [5.74, 6) is -8.24. The Morgan fingerprint density at radius 3 is 1.38 bits per heavy atom. The van der Waals surface area contributed by atoms with Gasteiger partial charge in [-0.3, -0.25) is 27.6 Å². The van der Waals surface area contributed by atoms with Gasteiger partial charge in [-0.25, -0.2) is 31.1 Å². The number of hydrogen-bond donors (Lipinski definition) is 16. The summed E-state index contributed by atoms with van der Waals surface area (Å²) < 4.78 is 254. The van der Waals surface area contributed by atoms with Crippen LogP contribution in [0.15, 0.2) is 0 Å². The Hall–Kier alpha value is -1.86. The number of carbonyl (C=O) groups excluding carboxylic acids is 1. The molecule has 452 valence electrons. The third-order valence-corrected chi connectivity index (χ3v) is 12.3. The van der Waals surface area contributed by atoms with E-state index in [1.807, 2.05) is 5.32 Å². The van der Waals surface area contributed by atoms with E-state index in [4.69, 9.17) is 47.6 Å². The van der Waals surface area contributed by atoms with Crippen LogP contribution >= 0.6 is 0 Å². The second-order valence-corrected chi connectivity index (χ2v) is 20.8. The first-order chi connectivity index (χ1) is 34.8. The van der Waals surface area contributed by atoms with Crippen molar-refractivity contribution in [1.29, 1.82) is 0 Å². The summed E-state index contributed by atoms with van der Waals surface area (Å²) in [6.07, 6.45) is -54.2. The maximum atomic E-state index is 12.7. The Morgan fingerprint density at radius 1 is 0.538 bits per heavy atom. The number of carboxylic acids is 3. The summed E-state index contributed by atoms with van der Waals surface area (Å²) in [7, 11) is -29.1. The molecule has 0 aromatic heterocycles. The number of hydrogen-bond acceptors (Lipinski definition) is 31. The van der Waals surface area contributed by atoms with Crippen molar-refractivity contribution in [2.24, 2.45) is 0 Å². The minimum absolute atomic E-state index is 0. The molecule has 4 fully saturated rings. The average Bonchev–Trinajstić information content (AvgIpc) is 3.23. The van der Waals surface area contributed by atoms with Gasteiger partial charge >= 0.3 is 127 Å². The van der Waals surface area contributed by atoms with Crippen LogP contribution in [0.4, 0.5) is 13.2 Å². The molecule has 1 amide bonds. The Labute approximate surface area is 475 Å². The molecular weight excluding hydrogens is 1240 g/mol. The van der Waals surface area contributed by atoms with Gasteiger partial charge in [0.25, 0.3) is 0 Å². The van der Waals surface area contributed by atoms with Gasteiger partial charge in [-0.1, -0.05) is 0 Å². The van der Waals surface area contributed by atoms with Gasteiger partial charge in [0.05, 0.1) is 13.2 Å². The average molecular weight is 1290 g/mol. The van der Waals surface area contributed by atoms with E-state index in [0.717, 1.165) is 6.92 Å². The van der Waals surface area contributed by atoms with Crippen LogP contribution in [0.2, 0.25) is 0 Å². The molecule has 0 aromatic carbocycles. The van der Waals surface area contributed by atoms with Crippen LogP contribution in [0.3, 0.4) is 0 Å². The van der Waals surface area contributed by atoms with Crippen LogP contribution in [0.25, 0.3) is 0 Å². The SMILES string of the molecule is CC(=O)N[C@@H]1[C@@H](O)[C@H](O[C@@H]2O[C@H](C(=O)O)[C@@H](O[C@@H]3O[C@H](CO)[C@@H](O[C@H]4O[C@@H](C(=O)O)[C@H](O)[C@@H](O)[C@@H]4OS(=O)(=O)O)[C@H](OS(=O)(=O)O)[C@H]3NS(=O)(=O)O)[C@H](O)[C@H]2OS(=O)(=O)O)[C@H](COS(=O)(=O)O)O[C@H]1O.O=C(O)C(F)(F)F.[KH]. The molecule has 0 aromatic rings. The van der Waals surface area contributed by atoms with Gasteiger partial charge in [0.15, 0.2) is 49.6 Å². The molecule has 0 radical (unpaired) electrons. The van der Waals surface area contributed by atoms with Gasteiger partial charge < -0.3 is 84.4 Å². The van der Waals surface area contributed by atoms with E-state index < -0.39 is 218 Å².